The van der Waals surface area contributed by atoms with E-state index in [-0.39, 0.29) is 29.4 Å². The fraction of sp³-hybridized carbons (Fsp3) is 0.290. The highest BCUT2D eigenvalue weighted by Gasteiger charge is 2.46. The number of aryl methyl sites for hydroxylation is 1. The fourth-order valence-corrected chi connectivity index (χ4v) is 4.69. The molecule has 3 aromatic carbocycles. The molecule has 0 bridgehead atoms. The normalized spacial score (nSPS) is 16.5. The smallest absolute Gasteiger partial charge is 0.295 e. The summed E-state index contributed by atoms with van der Waals surface area (Å²) in [5, 5.41) is 21.7. The molecular weight excluding hydrogens is 498 g/mol. The Morgan fingerprint density at radius 2 is 1.77 bits per heavy atom. The predicted octanol–water partition coefficient (Wildman–Crippen LogP) is 5.14. The summed E-state index contributed by atoms with van der Waals surface area (Å²) in [5.74, 6) is -0.962. The van der Waals surface area contributed by atoms with Crippen molar-refractivity contribution in [2.24, 2.45) is 0 Å². The molecule has 0 saturated carbocycles. The van der Waals surface area contributed by atoms with Gasteiger partial charge in [-0.15, -0.1) is 0 Å². The molecule has 1 amide bonds. The first kappa shape index (κ1) is 27.7. The van der Waals surface area contributed by atoms with Crippen LogP contribution in [0.2, 0.25) is 0 Å². The van der Waals surface area contributed by atoms with Gasteiger partial charge in [0.05, 0.1) is 18.2 Å². The molecule has 0 radical (unpaired) electrons. The molecule has 204 valence electrons. The third kappa shape index (κ3) is 6.07. The van der Waals surface area contributed by atoms with Gasteiger partial charge in [0.1, 0.15) is 18.1 Å². The van der Waals surface area contributed by atoms with E-state index < -0.39 is 17.7 Å². The van der Waals surface area contributed by atoms with E-state index in [0.29, 0.717) is 48.7 Å². The zero-order valence-corrected chi connectivity index (χ0v) is 22.3. The van der Waals surface area contributed by atoms with Crippen LogP contribution in [0.15, 0.2) is 72.3 Å². The SMILES string of the molecule is CCOc1cc([C@H]2/C(=C(\O)c3ccc(OCc4ccccc4)cc3C)C(=O)C(=O)N2CCCOC)ccc1O. The molecule has 4 rings (SSSR count). The second kappa shape index (κ2) is 12.5. The van der Waals surface area contributed by atoms with E-state index in [4.69, 9.17) is 14.2 Å². The number of phenolic OH excluding ortho intramolecular Hbond substituents is 1. The molecule has 2 N–H and O–H groups in total. The molecule has 0 aromatic heterocycles. The van der Waals surface area contributed by atoms with Crippen LogP contribution in [0.5, 0.6) is 17.2 Å². The number of amides is 1. The van der Waals surface area contributed by atoms with Crippen molar-refractivity contribution < 1.29 is 34.0 Å². The van der Waals surface area contributed by atoms with E-state index >= 15 is 0 Å². The van der Waals surface area contributed by atoms with Gasteiger partial charge in [0.25, 0.3) is 11.7 Å². The van der Waals surface area contributed by atoms with E-state index in [1.165, 1.54) is 11.0 Å². The van der Waals surface area contributed by atoms with Crippen molar-refractivity contribution in [1.29, 1.82) is 0 Å². The van der Waals surface area contributed by atoms with Crippen molar-refractivity contribution in [3.63, 3.8) is 0 Å². The van der Waals surface area contributed by atoms with Gasteiger partial charge < -0.3 is 29.3 Å². The second-order valence-corrected chi connectivity index (χ2v) is 9.25. The zero-order chi connectivity index (χ0) is 27.9. The molecular formula is C31H33NO7. The summed E-state index contributed by atoms with van der Waals surface area (Å²) in [7, 11) is 1.57. The minimum atomic E-state index is -0.866. The first-order chi connectivity index (χ1) is 18.8. The van der Waals surface area contributed by atoms with Gasteiger partial charge in [0.15, 0.2) is 11.5 Å². The molecule has 1 atom stereocenters. The first-order valence-electron chi connectivity index (χ1n) is 12.9. The molecule has 0 aliphatic carbocycles. The van der Waals surface area contributed by atoms with Crippen molar-refractivity contribution in [3.8, 4) is 17.2 Å². The van der Waals surface area contributed by atoms with Crippen molar-refractivity contribution >= 4 is 17.4 Å². The zero-order valence-electron chi connectivity index (χ0n) is 22.3. The number of phenols is 1. The Hall–Kier alpha value is -4.30. The van der Waals surface area contributed by atoms with Crippen LogP contribution in [0.1, 0.15) is 41.6 Å². The number of hydrogen-bond donors (Lipinski definition) is 2. The number of hydrogen-bond acceptors (Lipinski definition) is 7. The maximum Gasteiger partial charge on any atom is 0.295 e. The number of rotatable bonds is 11. The lowest BCUT2D eigenvalue weighted by molar-refractivity contribution is -0.140. The number of nitrogens with zero attached hydrogens (tertiary/aromatic N) is 1. The van der Waals surface area contributed by atoms with Crippen molar-refractivity contribution in [2.75, 3.05) is 26.9 Å². The quantitative estimate of drug-likeness (QED) is 0.153. The van der Waals surface area contributed by atoms with Gasteiger partial charge in [-0.25, -0.2) is 0 Å². The molecule has 1 heterocycles. The highest BCUT2D eigenvalue weighted by Crippen LogP contribution is 2.42. The van der Waals surface area contributed by atoms with Gasteiger partial charge in [0, 0.05) is 25.8 Å². The van der Waals surface area contributed by atoms with Crippen LogP contribution >= 0.6 is 0 Å². The number of ketones is 1. The lowest BCUT2D eigenvalue weighted by Crippen LogP contribution is -2.31. The minimum Gasteiger partial charge on any atom is -0.507 e. The number of likely N-dealkylation sites (tertiary alicyclic amines) is 1. The average molecular weight is 532 g/mol. The molecule has 1 fully saturated rings. The van der Waals surface area contributed by atoms with E-state index in [1.807, 2.05) is 37.3 Å². The second-order valence-electron chi connectivity index (χ2n) is 9.25. The highest BCUT2D eigenvalue weighted by molar-refractivity contribution is 6.46. The number of benzene rings is 3. The largest absolute Gasteiger partial charge is 0.507 e. The fourth-order valence-electron chi connectivity index (χ4n) is 4.69. The Balaban J connectivity index is 1.73. The number of aromatic hydroxyl groups is 1. The third-order valence-corrected chi connectivity index (χ3v) is 6.59. The summed E-state index contributed by atoms with van der Waals surface area (Å²) in [5.41, 5.74) is 2.64. The number of aliphatic hydroxyl groups excluding tert-OH is 1. The lowest BCUT2D eigenvalue weighted by Gasteiger charge is -2.26. The Morgan fingerprint density at radius 3 is 2.46 bits per heavy atom. The van der Waals surface area contributed by atoms with Crippen LogP contribution in [0, 0.1) is 6.92 Å². The van der Waals surface area contributed by atoms with Crippen LogP contribution in [-0.2, 0) is 20.9 Å². The van der Waals surface area contributed by atoms with E-state index in [1.54, 1.807) is 44.4 Å². The molecule has 0 unspecified atom stereocenters. The standard InChI is InChI=1S/C31H33NO7/c1-4-38-26-18-22(11-14-25(26)33)28-27(30(35)31(36)32(28)15-8-16-37-3)29(34)24-13-12-23(17-20(24)2)39-19-21-9-6-5-7-10-21/h5-7,9-14,17-18,28,33-34H,4,8,15-16,19H2,1-3H3/b29-27+/t28-/m0/s1. The Kier molecular flexibility index (Phi) is 8.88. The number of ether oxygens (including phenoxy) is 3. The maximum absolute atomic E-state index is 13.3. The van der Waals surface area contributed by atoms with Gasteiger partial charge >= 0.3 is 0 Å². The number of aliphatic hydroxyl groups is 1. The predicted molar refractivity (Wildman–Crippen MR) is 147 cm³/mol. The first-order valence-corrected chi connectivity index (χ1v) is 12.9. The van der Waals surface area contributed by atoms with Gasteiger partial charge in [-0.3, -0.25) is 9.59 Å². The highest BCUT2D eigenvalue weighted by atomic mass is 16.5. The molecule has 8 nitrogen and oxygen atoms in total. The number of carbonyl (C=O) groups excluding carboxylic acids is 2. The Labute approximate surface area is 228 Å². The topological polar surface area (TPSA) is 106 Å². The van der Waals surface area contributed by atoms with Crippen molar-refractivity contribution in [1.82, 2.24) is 4.90 Å². The summed E-state index contributed by atoms with van der Waals surface area (Å²) in [6, 6.07) is 18.8. The van der Waals surface area contributed by atoms with Gasteiger partial charge in [-0.2, -0.15) is 0 Å². The van der Waals surface area contributed by atoms with E-state index in [9.17, 15) is 19.8 Å². The van der Waals surface area contributed by atoms with Crippen LogP contribution in [0.4, 0.5) is 0 Å². The third-order valence-electron chi connectivity index (χ3n) is 6.59. The summed E-state index contributed by atoms with van der Waals surface area (Å²) < 4.78 is 16.6. The van der Waals surface area contributed by atoms with Crippen LogP contribution in [-0.4, -0.2) is 53.7 Å². The molecule has 3 aromatic rings. The Morgan fingerprint density at radius 1 is 1.00 bits per heavy atom. The maximum atomic E-state index is 13.3. The molecule has 39 heavy (non-hydrogen) atoms. The number of carbonyl (C=O) groups is 2. The molecule has 8 heteroatoms. The van der Waals surface area contributed by atoms with Gasteiger partial charge in [0.2, 0.25) is 0 Å². The average Bonchev–Trinajstić information content (AvgIpc) is 3.19. The van der Waals surface area contributed by atoms with Crippen LogP contribution in [0.25, 0.3) is 5.76 Å². The van der Waals surface area contributed by atoms with Crippen molar-refractivity contribution in [2.45, 2.75) is 32.9 Å². The summed E-state index contributed by atoms with van der Waals surface area (Å²) >= 11 is 0. The Bertz CT molecular complexity index is 1370. The molecule has 1 aliphatic rings. The van der Waals surface area contributed by atoms with E-state index in [2.05, 4.69) is 0 Å². The van der Waals surface area contributed by atoms with Gasteiger partial charge in [-0.05, 0) is 67.3 Å². The van der Waals surface area contributed by atoms with E-state index in [0.717, 1.165) is 5.56 Å². The summed E-state index contributed by atoms with van der Waals surface area (Å²) in [6.45, 7) is 4.96. The molecule has 0 spiro atoms. The minimum absolute atomic E-state index is 0.0217. The lowest BCUT2D eigenvalue weighted by atomic mass is 9.93. The molecule has 1 saturated heterocycles. The van der Waals surface area contributed by atoms with Crippen LogP contribution in [0.3, 0.4) is 0 Å². The summed E-state index contributed by atoms with van der Waals surface area (Å²) in [6.07, 6.45) is 0.503. The van der Waals surface area contributed by atoms with Crippen molar-refractivity contribution in [3.05, 3.63) is 94.6 Å². The molecule has 1 aliphatic heterocycles. The van der Waals surface area contributed by atoms with Crippen LogP contribution < -0.4 is 9.47 Å². The monoisotopic (exact) mass is 531 g/mol. The number of Topliss-reactive ketones (excluding diaryl/α,β-unsaturated/α-hetero) is 1. The number of methoxy groups -OCH3 is 1. The summed E-state index contributed by atoms with van der Waals surface area (Å²) in [4.78, 5) is 27.9. The van der Waals surface area contributed by atoms with Gasteiger partial charge in [-0.1, -0.05) is 36.4 Å².